The number of imidazole rings is 1. The molecule has 4 rings (SSSR count). The Kier molecular flexibility index (Phi) is 4.87. The number of amides is 1. The van der Waals surface area contributed by atoms with Crippen molar-refractivity contribution in [2.24, 2.45) is 0 Å². The molecule has 6 nitrogen and oxygen atoms in total. The second-order valence-electron chi connectivity index (χ2n) is 5.30. The first-order valence-corrected chi connectivity index (χ1v) is 9.83. The van der Waals surface area contributed by atoms with Gasteiger partial charge in [0, 0.05) is 0 Å². The molecule has 2 aromatic carbocycles. The summed E-state index contributed by atoms with van der Waals surface area (Å²) >= 11 is 8.85. The molecule has 0 saturated heterocycles. The highest BCUT2D eigenvalue weighted by Gasteiger charge is 2.13. The van der Waals surface area contributed by atoms with E-state index in [-0.39, 0.29) is 5.91 Å². The zero-order valence-electron chi connectivity index (χ0n) is 13.3. The third-order valence-electron chi connectivity index (χ3n) is 3.52. The summed E-state index contributed by atoms with van der Waals surface area (Å²) < 4.78 is 0.750. The molecule has 130 valence electrons. The molecule has 0 radical (unpaired) electrons. The van der Waals surface area contributed by atoms with Gasteiger partial charge in [0.2, 0.25) is 5.13 Å². The van der Waals surface area contributed by atoms with Crippen LogP contribution in [0.3, 0.4) is 0 Å². The minimum atomic E-state index is -0.305. The average molecular weight is 402 g/mol. The van der Waals surface area contributed by atoms with Gasteiger partial charge in [0.15, 0.2) is 4.34 Å². The Hall–Kier alpha value is -2.42. The fourth-order valence-electron chi connectivity index (χ4n) is 2.33. The van der Waals surface area contributed by atoms with Gasteiger partial charge < -0.3 is 4.98 Å². The second kappa shape index (κ2) is 7.45. The van der Waals surface area contributed by atoms with E-state index in [9.17, 15) is 4.79 Å². The van der Waals surface area contributed by atoms with Crippen LogP contribution in [0.2, 0.25) is 5.02 Å². The van der Waals surface area contributed by atoms with Crippen LogP contribution in [-0.4, -0.2) is 26.1 Å². The van der Waals surface area contributed by atoms with Gasteiger partial charge in [-0.2, -0.15) is 0 Å². The fraction of sp³-hybridized carbons (Fsp3) is 0.0588. The molecule has 0 atom stereocenters. The van der Waals surface area contributed by atoms with Gasteiger partial charge >= 0.3 is 0 Å². The maximum atomic E-state index is 12.2. The van der Waals surface area contributed by atoms with Crippen LogP contribution in [0, 0.1) is 0 Å². The highest BCUT2D eigenvalue weighted by atomic mass is 35.5. The summed E-state index contributed by atoms with van der Waals surface area (Å²) in [5.74, 6) is 1.20. The lowest BCUT2D eigenvalue weighted by atomic mass is 10.2. The maximum Gasteiger partial charge on any atom is 0.259 e. The first-order chi connectivity index (χ1) is 12.7. The molecule has 0 saturated carbocycles. The van der Waals surface area contributed by atoms with Crippen LogP contribution < -0.4 is 5.32 Å². The molecule has 0 aliphatic carbocycles. The summed E-state index contributed by atoms with van der Waals surface area (Å²) in [6, 6.07) is 14.7. The summed E-state index contributed by atoms with van der Waals surface area (Å²) in [5.41, 5.74) is 2.35. The second-order valence-corrected chi connectivity index (χ2v) is 7.90. The molecule has 0 unspecified atom stereocenters. The van der Waals surface area contributed by atoms with Crippen molar-refractivity contribution >= 4 is 56.8 Å². The van der Waals surface area contributed by atoms with Gasteiger partial charge in [0.1, 0.15) is 5.82 Å². The summed E-state index contributed by atoms with van der Waals surface area (Å²) in [4.78, 5) is 20.0. The molecule has 0 fully saturated rings. The number of nitrogens with zero attached hydrogens (tertiary/aromatic N) is 3. The monoisotopic (exact) mass is 401 g/mol. The smallest absolute Gasteiger partial charge is 0.259 e. The molecule has 2 N–H and O–H groups in total. The Balaban J connectivity index is 1.40. The number of aromatic amines is 1. The SMILES string of the molecule is O=C(Nc1nnc(SCc2nc3ccccc3[nH]2)s1)c1ccccc1Cl. The van der Waals surface area contributed by atoms with E-state index in [1.807, 2.05) is 24.3 Å². The van der Waals surface area contributed by atoms with Crippen LogP contribution >= 0.6 is 34.7 Å². The van der Waals surface area contributed by atoms with E-state index in [2.05, 4.69) is 25.5 Å². The topological polar surface area (TPSA) is 83.6 Å². The van der Waals surface area contributed by atoms with E-state index in [1.165, 1.54) is 23.1 Å². The lowest BCUT2D eigenvalue weighted by molar-refractivity contribution is 0.102. The zero-order chi connectivity index (χ0) is 17.9. The van der Waals surface area contributed by atoms with Gasteiger partial charge in [-0.25, -0.2) is 4.98 Å². The Bertz CT molecular complexity index is 1040. The number of carbonyl (C=O) groups is 1. The predicted octanol–water partition coefficient (Wildman–Crippen LogP) is 4.61. The van der Waals surface area contributed by atoms with E-state index in [0.29, 0.717) is 21.5 Å². The summed E-state index contributed by atoms with van der Waals surface area (Å²) in [6.45, 7) is 0. The van der Waals surface area contributed by atoms with Crippen molar-refractivity contribution in [3.8, 4) is 0 Å². The number of benzene rings is 2. The van der Waals surface area contributed by atoms with E-state index < -0.39 is 0 Å². The number of halogens is 1. The van der Waals surface area contributed by atoms with E-state index in [0.717, 1.165) is 21.2 Å². The molecule has 1 amide bonds. The number of H-pyrrole nitrogens is 1. The number of aromatic nitrogens is 4. The molecule has 9 heteroatoms. The summed E-state index contributed by atoms with van der Waals surface area (Å²) in [7, 11) is 0. The van der Waals surface area contributed by atoms with Crippen LogP contribution in [-0.2, 0) is 5.75 Å². The highest BCUT2D eigenvalue weighted by molar-refractivity contribution is 8.00. The number of para-hydroxylation sites is 2. The number of hydrogen-bond acceptors (Lipinski definition) is 6. The Labute approximate surface area is 162 Å². The molecule has 26 heavy (non-hydrogen) atoms. The van der Waals surface area contributed by atoms with E-state index >= 15 is 0 Å². The summed E-state index contributed by atoms with van der Waals surface area (Å²) in [6.07, 6.45) is 0. The van der Waals surface area contributed by atoms with Crippen LogP contribution in [0.1, 0.15) is 16.2 Å². The Morgan fingerprint density at radius 1 is 1.15 bits per heavy atom. The van der Waals surface area contributed by atoms with Gasteiger partial charge in [-0.15, -0.1) is 10.2 Å². The zero-order valence-corrected chi connectivity index (χ0v) is 15.7. The largest absolute Gasteiger partial charge is 0.341 e. The normalized spacial score (nSPS) is 11.0. The lowest BCUT2D eigenvalue weighted by Crippen LogP contribution is -2.12. The van der Waals surface area contributed by atoms with Crippen LogP contribution in [0.25, 0.3) is 11.0 Å². The van der Waals surface area contributed by atoms with Crippen LogP contribution in [0.4, 0.5) is 5.13 Å². The Morgan fingerprint density at radius 2 is 1.96 bits per heavy atom. The summed E-state index contributed by atoms with van der Waals surface area (Å²) in [5, 5.41) is 11.7. The minimum Gasteiger partial charge on any atom is -0.341 e. The molecule has 0 bridgehead atoms. The van der Waals surface area contributed by atoms with Gasteiger partial charge in [-0.3, -0.25) is 10.1 Å². The van der Waals surface area contributed by atoms with Crippen molar-refractivity contribution in [3.63, 3.8) is 0 Å². The molecule has 0 aliphatic rings. The van der Waals surface area contributed by atoms with Crippen molar-refractivity contribution in [1.29, 1.82) is 0 Å². The van der Waals surface area contributed by atoms with Crippen molar-refractivity contribution < 1.29 is 4.79 Å². The number of anilines is 1. The van der Waals surface area contributed by atoms with Crippen molar-refractivity contribution in [3.05, 3.63) is 64.9 Å². The number of rotatable bonds is 5. The van der Waals surface area contributed by atoms with Gasteiger partial charge in [-0.05, 0) is 24.3 Å². The third kappa shape index (κ3) is 3.72. The van der Waals surface area contributed by atoms with Crippen LogP contribution in [0.5, 0.6) is 0 Å². The fourth-order valence-corrected chi connectivity index (χ4v) is 4.17. The molecule has 2 aromatic heterocycles. The molecule has 4 aromatic rings. The van der Waals surface area contributed by atoms with Gasteiger partial charge in [-0.1, -0.05) is 59.0 Å². The van der Waals surface area contributed by atoms with Gasteiger partial charge in [0.05, 0.1) is 27.4 Å². The van der Waals surface area contributed by atoms with E-state index in [1.54, 1.807) is 24.3 Å². The number of carbonyl (C=O) groups excluding carboxylic acids is 1. The highest BCUT2D eigenvalue weighted by Crippen LogP contribution is 2.28. The predicted molar refractivity (Wildman–Crippen MR) is 105 cm³/mol. The van der Waals surface area contributed by atoms with Crippen molar-refractivity contribution in [2.45, 2.75) is 10.1 Å². The maximum absolute atomic E-state index is 12.2. The molecule has 0 spiro atoms. The quantitative estimate of drug-likeness (QED) is 0.376. The van der Waals surface area contributed by atoms with Crippen molar-refractivity contribution in [2.75, 3.05) is 5.32 Å². The van der Waals surface area contributed by atoms with Crippen LogP contribution in [0.15, 0.2) is 52.9 Å². The van der Waals surface area contributed by atoms with Crippen molar-refractivity contribution in [1.82, 2.24) is 20.2 Å². The first kappa shape index (κ1) is 17.0. The first-order valence-electron chi connectivity index (χ1n) is 7.65. The molecule has 0 aliphatic heterocycles. The lowest BCUT2D eigenvalue weighted by Gasteiger charge is -2.02. The number of thioether (sulfide) groups is 1. The van der Waals surface area contributed by atoms with Gasteiger partial charge in [0.25, 0.3) is 5.91 Å². The molecule has 2 heterocycles. The number of fused-ring (bicyclic) bond motifs is 1. The minimum absolute atomic E-state index is 0.305. The standard InChI is InChI=1S/C17H12ClN5OS2/c18-11-6-2-1-5-10(11)15(24)21-16-22-23-17(26-16)25-9-14-19-12-7-3-4-8-13(12)20-14/h1-8H,9H2,(H,19,20)(H,21,22,24). The molecular weight excluding hydrogens is 390 g/mol. The number of nitrogens with one attached hydrogen (secondary N) is 2. The Morgan fingerprint density at radius 3 is 2.81 bits per heavy atom. The van der Waals surface area contributed by atoms with E-state index in [4.69, 9.17) is 11.6 Å². The molecular formula is C17H12ClN5OS2. The number of hydrogen-bond donors (Lipinski definition) is 2. The average Bonchev–Trinajstić information content (AvgIpc) is 3.26. The third-order valence-corrected chi connectivity index (χ3v) is 5.83.